The fraction of sp³-hybridized carbons (Fsp3) is 0.444. The second kappa shape index (κ2) is 4.03. The highest BCUT2D eigenvalue weighted by molar-refractivity contribution is 5.21. The quantitative estimate of drug-likeness (QED) is 0.640. The van der Waals surface area contributed by atoms with Crippen molar-refractivity contribution in [2.75, 3.05) is 0 Å². The Kier molecular flexibility index (Phi) is 2.99. The number of terminal acetylenes is 1. The SMILES string of the molecule is C#CCn1c(CC)c(O)n(CO)c1=O. The molecule has 0 atom stereocenters. The number of aliphatic hydroxyl groups is 1. The lowest BCUT2D eigenvalue weighted by molar-refractivity contribution is 0.191. The summed E-state index contributed by atoms with van der Waals surface area (Å²) in [6.45, 7) is 1.35. The second-order valence-electron chi connectivity index (χ2n) is 2.77. The Labute approximate surface area is 81.2 Å². The Morgan fingerprint density at radius 2 is 2.14 bits per heavy atom. The van der Waals surface area contributed by atoms with E-state index < -0.39 is 12.4 Å². The third-order valence-electron chi connectivity index (χ3n) is 2.03. The molecule has 0 radical (unpaired) electrons. The van der Waals surface area contributed by atoms with Crippen LogP contribution in [-0.4, -0.2) is 19.3 Å². The Balaban J connectivity index is 3.41. The van der Waals surface area contributed by atoms with Crippen LogP contribution in [0.2, 0.25) is 0 Å². The molecule has 0 fully saturated rings. The van der Waals surface area contributed by atoms with Crippen molar-refractivity contribution in [2.24, 2.45) is 0 Å². The first kappa shape index (κ1) is 10.4. The monoisotopic (exact) mass is 196 g/mol. The molecule has 76 valence electrons. The number of aromatic hydroxyl groups is 1. The van der Waals surface area contributed by atoms with E-state index in [2.05, 4.69) is 5.92 Å². The van der Waals surface area contributed by atoms with Crippen LogP contribution in [0.25, 0.3) is 0 Å². The van der Waals surface area contributed by atoms with Gasteiger partial charge in [-0.3, -0.25) is 4.57 Å². The highest BCUT2D eigenvalue weighted by Gasteiger charge is 2.16. The molecule has 2 N–H and O–H groups in total. The minimum atomic E-state index is -0.546. The smallest absolute Gasteiger partial charge is 0.334 e. The van der Waals surface area contributed by atoms with Crippen LogP contribution < -0.4 is 5.69 Å². The van der Waals surface area contributed by atoms with Gasteiger partial charge in [0.2, 0.25) is 5.88 Å². The van der Waals surface area contributed by atoms with Crippen molar-refractivity contribution in [3.63, 3.8) is 0 Å². The number of rotatable bonds is 3. The van der Waals surface area contributed by atoms with Crippen molar-refractivity contribution in [3.05, 3.63) is 16.2 Å². The molecule has 0 aliphatic carbocycles. The standard InChI is InChI=1S/C9H12N2O3/c1-3-5-10-7(4-2)8(13)11(6-12)9(10)14/h1,12-13H,4-6H2,2H3. The molecule has 0 aliphatic heterocycles. The van der Waals surface area contributed by atoms with Gasteiger partial charge in [0.05, 0.1) is 12.2 Å². The van der Waals surface area contributed by atoms with Crippen LogP contribution in [0.3, 0.4) is 0 Å². The first-order chi connectivity index (χ1) is 6.67. The van der Waals surface area contributed by atoms with Gasteiger partial charge in [-0.15, -0.1) is 6.42 Å². The van der Waals surface area contributed by atoms with E-state index in [0.717, 1.165) is 4.57 Å². The maximum atomic E-state index is 11.5. The van der Waals surface area contributed by atoms with Gasteiger partial charge in [-0.05, 0) is 6.42 Å². The highest BCUT2D eigenvalue weighted by atomic mass is 16.3. The lowest BCUT2D eigenvalue weighted by Gasteiger charge is -1.99. The zero-order valence-electron chi connectivity index (χ0n) is 7.90. The summed E-state index contributed by atoms with van der Waals surface area (Å²) in [5.41, 5.74) is -0.0400. The van der Waals surface area contributed by atoms with Crippen LogP contribution in [0.5, 0.6) is 5.88 Å². The minimum Gasteiger partial charge on any atom is -0.493 e. The van der Waals surface area contributed by atoms with E-state index in [4.69, 9.17) is 11.5 Å². The number of aliphatic hydroxyl groups excluding tert-OH is 1. The van der Waals surface area contributed by atoms with Crippen LogP contribution >= 0.6 is 0 Å². The van der Waals surface area contributed by atoms with E-state index >= 15 is 0 Å². The second-order valence-corrected chi connectivity index (χ2v) is 2.77. The Morgan fingerprint density at radius 1 is 1.50 bits per heavy atom. The summed E-state index contributed by atoms with van der Waals surface area (Å²) in [7, 11) is 0. The van der Waals surface area contributed by atoms with E-state index in [0.29, 0.717) is 12.1 Å². The van der Waals surface area contributed by atoms with Crippen LogP contribution in [0.1, 0.15) is 12.6 Å². The summed E-state index contributed by atoms with van der Waals surface area (Å²) < 4.78 is 2.14. The lowest BCUT2D eigenvalue weighted by atomic mass is 10.3. The van der Waals surface area contributed by atoms with Gasteiger partial charge in [0.25, 0.3) is 0 Å². The first-order valence-electron chi connectivity index (χ1n) is 4.22. The zero-order valence-corrected chi connectivity index (χ0v) is 7.90. The molecular formula is C9H12N2O3. The van der Waals surface area contributed by atoms with Gasteiger partial charge in [-0.1, -0.05) is 12.8 Å². The summed E-state index contributed by atoms with van der Waals surface area (Å²) in [6, 6.07) is 0. The predicted octanol–water partition coefficient (Wildman–Crippen LogP) is -0.499. The largest absolute Gasteiger partial charge is 0.493 e. The lowest BCUT2D eigenvalue weighted by Crippen LogP contribution is -2.24. The molecule has 0 aromatic carbocycles. The third kappa shape index (κ3) is 1.40. The van der Waals surface area contributed by atoms with Crippen molar-refractivity contribution in [1.82, 2.24) is 9.13 Å². The van der Waals surface area contributed by atoms with Crippen molar-refractivity contribution >= 4 is 0 Å². The molecule has 5 nitrogen and oxygen atoms in total. The minimum absolute atomic E-state index is 0.0998. The predicted molar refractivity (Wildman–Crippen MR) is 50.8 cm³/mol. The third-order valence-corrected chi connectivity index (χ3v) is 2.03. The molecule has 1 heterocycles. The van der Waals surface area contributed by atoms with Gasteiger partial charge in [0, 0.05) is 0 Å². The average Bonchev–Trinajstić information content (AvgIpc) is 2.39. The van der Waals surface area contributed by atoms with Crippen molar-refractivity contribution in [1.29, 1.82) is 0 Å². The van der Waals surface area contributed by atoms with E-state index in [1.54, 1.807) is 6.92 Å². The maximum Gasteiger partial charge on any atom is 0.334 e. The van der Waals surface area contributed by atoms with Crippen molar-refractivity contribution < 1.29 is 10.2 Å². The van der Waals surface area contributed by atoms with Gasteiger partial charge in [-0.25, -0.2) is 9.36 Å². The van der Waals surface area contributed by atoms with Crippen LogP contribution in [0.4, 0.5) is 0 Å². The van der Waals surface area contributed by atoms with Crippen LogP contribution in [0.15, 0.2) is 4.79 Å². The zero-order chi connectivity index (χ0) is 10.7. The summed E-state index contributed by atoms with van der Waals surface area (Å²) in [4.78, 5) is 11.5. The highest BCUT2D eigenvalue weighted by Crippen LogP contribution is 2.15. The topological polar surface area (TPSA) is 67.4 Å². The van der Waals surface area contributed by atoms with E-state index in [1.165, 1.54) is 4.57 Å². The number of aromatic nitrogens is 2. The molecule has 14 heavy (non-hydrogen) atoms. The normalized spacial score (nSPS) is 10.1. The summed E-state index contributed by atoms with van der Waals surface area (Å²) in [6.07, 6.45) is 5.57. The fourth-order valence-electron chi connectivity index (χ4n) is 1.36. The van der Waals surface area contributed by atoms with Crippen LogP contribution in [0, 0.1) is 12.3 Å². The van der Waals surface area contributed by atoms with Gasteiger partial charge in [0.15, 0.2) is 0 Å². The van der Waals surface area contributed by atoms with Gasteiger partial charge < -0.3 is 10.2 Å². The number of imidazole rings is 1. The van der Waals surface area contributed by atoms with Gasteiger partial charge >= 0.3 is 5.69 Å². The molecule has 0 aliphatic rings. The molecule has 1 aromatic rings. The number of nitrogens with zero attached hydrogens (tertiary/aromatic N) is 2. The van der Waals surface area contributed by atoms with Gasteiger partial charge in [0.1, 0.15) is 6.73 Å². The molecule has 0 bridgehead atoms. The molecule has 0 amide bonds. The first-order valence-corrected chi connectivity index (χ1v) is 4.22. The molecule has 0 saturated heterocycles. The van der Waals surface area contributed by atoms with Crippen molar-refractivity contribution in [2.45, 2.75) is 26.6 Å². The molecule has 1 aromatic heterocycles. The Bertz CT molecular complexity index is 422. The number of hydrogen-bond acceptors (Lipinski definition) is 3. The van der Waals surface area contributed by atoms with E-state index in [9.17, 15) is 9.90 Å². The molecule has 0 spiro atoms. The fourth-order valence-corrected chi connectivity index (χ4v) is 1.36. The van der Waals surface area contributed by atoms with E-state index in [-0.39, 0.29) is 12.4 Å². The molecule has 5 heteroatoms. The van der Waals surface area contributed by atoms with Crippen LogP contribution in [-0.2, 0) is 19.7 Å². The average molecular weight is 196 g/mol. The summed E-state index contributed by atoms with van der Waals surface area (Å²) in [5, 5.41) is 18.4. The van der Waals surface area contributed by atoms with E-state index in [1.807, 2.05) is 0 Å². The molecule has 1 rings (SSSR count). The maximum absolute atomic E-state index is 11.5. The number of hydrogen-bond donors (Lipinski definition) is 2. The molecule has 0 saturated carbocycles. The van der Waals surface area contributed by atoms with Crippen molar-refractivity contribution in [3.8, 4) is 18.2 Å². The summed E-state index contributed by atoms with van der Waals surface area (Å²) >= 11 is 0. The Morgan fingerprint density at radius 3 is 2.57 bits per heavy atom. The van der Waals surface area contributed by atoms with Gasteiger partial charge in [-0.2, -0.15) is 0 Å². The summed E-state index contributed by atoms with van der Waals surface area (Å²) in [5.74, 6) is 2.11. The Hall–Kier alpha value is -1.67. The molecule has 0 unspecified atom stereocenters. The molecular weight excluding hydrogens is 184 g/mol.